The molecule has 2 aromatic carbocycles. The first-order valence-electron chi connectivity index (χ1n) is 13.1. The van der Waals surface area contributed by atoms with Gasteiger partial charge in [0.15, 0.2) is 11.5 Å². The summed E-state index contributed by atoms with van der Waals surface area (Å²) in [6.07, 6.45) is 8.15. The SMILES string of the molecule is COC[C@@H]1Oc2c(O)ccc3c2[C@@]12CCN(CC1CC1)[C@H](C3)[C@@]2(C)/C=C/C(C)(O)c1ccc(F)cc1. The third kappa shape index (κ3) is 3.45. The molecule has 1 saturated heterocycles. The van der Waals surface area contributed by atoms with Gasteiger partial charge in [-0.05, 0) is 74.4 Å². The van der Waals surface area contributed by atoms with Crippen LogP contribution in [0.2, 0.25) is 0 Å². The number of ether oxygens (including phenoxy) is 2. The lowest BCUT2D eigenvalue weighted by molar-refractivity contribution is -0.0791. The van der Waals surface area contributed by atoms with Crippen LogP contribution in [0.25, 0.3) is 0 Å². The van der Waals surface area contributed by atoms with Gasteiger partial charge >= 0.3 is 0 Å². The summed E-state index contributed by atoms with van der Waals surface area (Å²) >= 11 is 0. The Hall–Kier alpha value is -2.41. The first-order valence-corrected chi connectivity index (χ1v) is 13.1. The number of nitrogens with zero attached hydrogens (tertiary/aromatic N) is 1. The predicted octanol–water partition coefficient (Wildman–Crippen LogP) is 4.69. The number of fused-ring (bicyclic) bond motifs is 1. The predicted molar refractivity (Wildman–Crippen MR) is 136 cm³/mol. The molecule has 6 rings (SSSR count). The van der Waals surface area contributed by atoms with Crippen LogP contribution in [0.15, 0.2) is 48.6 Å². The molecule has 0 amide bonds. The van der Waals surface area contributed by atoms with E-state index in [-0.39, 0.29) is 29.1 Å². The van der Waals surface area contributed by atoms with Crippen molar-refractivity contribution in [3.8, 4) is 11.5 Å². The number of piperidine rings is 1. The van der Waals surface area contributed by atoms with E-state index >= 15 is 0 Å². The van der Waals surface area contributed by atoms with Gasteiger partial charge in [0.2, 0.25) is 0 Å². The number of phenolic OH excluding ortho intramolecular Hbond substituents is 1. The number of phenols is 1. The number of likely N-dealkylation sites (tertiary alicyclic amines) is 1. The van der Waals surface area contributed by atoms with Gasteiger partial charge in [-0.15, -0.1) is 0 Å². The van der Waals surface area contributed by atoms with E-state index in [1.54, 1.807) is 32.2 Å². The molecule has 192 valence electrons. The van der Waals surface area contributed by atoms with E-state index in [4.69, 9.17) is 9.47 Å². The number of halogens is 1. The zero-order chi connectivity index (χ0) is 25.3. The summed E-state index contributed by atoms with van der Waals surface area (Å²) in [4.78, 5) is 2.65. The second-order valence-electron chi connectivity index (χ2n) is 11.7. The van der Waals surface area contributed by atoms with Gasteiger partial charge in [0.05, 0.1) is 12.0 Å². The number of aliphatic hydroxyl groups is 1. The molecule has 0 aromatic heterocycles. The van der Waals surface area contributed by atoms with Crippen molar-refractivity contribution in [2.24, 2.45) is 11.3 Å². The molecule has 2 aromatic rings. The van der Waals surface area contributed by atoms with Crippen molar-refractivity contribution in [1.29, 1.82) is 0 Å². The van der Waals surface area contributed by atoms with Crippen molar-refractivity contribution in [2.75, 3.05) is 26.8 Å². The van der Waals surface area contributed by atoms with Crippen molar-refractivity contribution < 1.29 is 24.1 Å². The van der Waals surface area contributed by atoms with Gasteiger partial charge in [0, 0.05) is 30.7 Å². The summed E-state index contributed by atoms with van der Waals surface area (Å²) in [7, 11) is 1.69. The molecule has 2 N–H and O–H groups in total. The Bertz CT molecular complexity index is 1190. The highest BCUT2D eigenvalue weighted by Crippen LogP contribution is 2.66. The molecule has 2 aliphatic heterocycles. The van der Waals surface area contributed by atoms with Crippen molar-refractivity contribution in [2.45, 2.75) is 62.7 Å². The molecule has 5 atom stereocenters. The smallest absolute Gasteiger partial charge is 0.165 e. The van der Waals surface area contributed by atoms with E-state index in [0.717, 1.165) is 37.4 Å². The highest BCUT2D eigenvalue weighted by atomic mass is 19.1. The summed E-state index contributed by atoms with van der Waals surface area (Å²) in [6, 6.07) is 10.1. The Morgan fingerprint density at radius 2 is 1.97 bits per heavy atom. The van der Waals surface area contributed by atoms with Crippen LogP contribution in [-0.2, 0) is 22.2 Å². The van der Waals surface area contributed by atoms with E-state index < -0.39 is 11.0 Å². The maximum absolute atomic E-state index is 13.6. The monoisotopic (exact) mass is 493 g/mol. The fourth-order valence-corrected chi connectivity index (χ4v) is 7.33. The summed E-state index contributed by atoms with van der Waals surface area (Å²) in [6.45, 7) is 6.52. The lowest BCUT2D eigenvalue weighted by Crippen LogP contribution is -2.68. The van der Waals surface area contributed by atoms with Crippen LogP contribution in [0, 0.1) is 17.2 Å². The maximum Gasteiger partial charge on any atom is 0.165 e. The fraction of sp³-hybridized carbons (Fsp3) is 0.533. The Labute approximate surface area is 212 Å². The van der Waals surface area contributed by atoms with Crippen LogP contribution in [0.3, 0.4) is 0 Å². The van der Waals surface area contributed by atoms with Crippen molar-refractivity contribution in [1.82, 2.24) is 4.90 Å². The minimum absolute atomic E-state index is 0.176. The summed E-state index contributed by atoms with van der Waals surface area (Å²) in [5, 5.41) is 22.3. The number of hydrogen-bond donors (Lipinski definition) is 2. The van der Waals surface area contributed by atoms with Crippen molar-refractivity contribution >= 4 is 0 Å². The van der Waals surface area contributed by atoms with Gasteiger partial charge in [0.1, 0.15) is 17.5 Å². The third-order valence-electron chi connectivity index (χ3n) is 9.47. The normalized spacial score (nSPS) is 32.8. The molecule has 6 heteroatoms. The van der Waals surface area contributed by atoms with Gasteiger partial charge in [-0.3, -0.25) is 4.90 Å². The molecular formula is C30H36FNO4. The Morgan fingerprint density at radius 3 is 2.67 bits per heavy atom. The number of rotatable bonds is 7. The Morgan fingerprint density at radius 1 is 1.22 bits per heavy atom. The van der Waals surface area contributed by atoms with Crippen molar-refractivity contribution in [3.63, 3.8) is 0 Å². The molecule has 2 bridgehead atoms. The standard InChI is InChI=1S/C30H36FNO4/c1-28(12-13-29(2,34)21-7-9-22(31)10-8-21)24-16-20-6-11-23(33)27-26(20)30(28,25(36-27)18-35-3)14-15-32(24)17-19-4-5-19/h6-13,19,24-25,33-34H,4-5,14-18H2,1-3H3/b13-12+/t24-,25+,28-,29?,30-/m1/s1. The number of methoxy groups -OCH3 is 1. The van der Waals surface area contributed by atoms with Gasteiger partial charge in [-0.1, -0.05) is 37.3 Å². The molecule has 5 nitrogen and oxygen atoms in total. The lowest BCUT2D eigenvalue weighted by atomic mass is 9.47. The minimum atomic E-state index is -1.26. The zero-order valence-corrected chi connectivity index (χ0v) is 21.3. The lowest BCUT2D eigenvalue weighted by Gasteiger charge is -2.61. The van der Waals surface area contributed by atoms with Gasteiger partial charge < -0.3 is 19.7 Å². The fourth-order valence-electron chi connectivity index (χ4n) is 7.33. The number of hydrogen-bond acceptors (Lipinski definition) is 5. The maximum atomic E-state index is 13.6. The van der Waals surface area contributed by atoms with Crippen LogP contribution in [-0.4, -0.2) is 54.1 Å². The first kappa shape index (κ1) is 24.0. The average molecular weight is 494 g/mol. The average Bonchev–Trinajstić information content (AvgIpc) is 3.60. The van der Waals surface area contributed by atoms with Crippen LogP contribution in [0.1, 0.15) is 49.8 Å². The quantitative estimate of drug-likeness (QED) is 0.548. The van der Waals surface area contributed by atoms with Crippen LogP contribution in [0.4, 0.5) is 4.39 Å². The topological polar surface area (TPSA) is 62.2 Å². The second kappa shape index (κ2) is 8.30. The van der Waals surface area contributed by atoms with E-state index in [2.05, 4.69) is 24.0 Å². The van der Waals surface area contributed by atoms with E-state index in [9.17, 15) is 14.6 Å². The van der Waals surface area contributed by atoms with Gasteiger partial charge in [-0.25, -0.2) is 4.39 Å². The zero-order valence-electron chi connectivity index (χ0n) is 21.3. The highest BCUT2D eigenvalue weighted by molar-refractivity contribution is 5.62. The van der Waals surface area contributed by atoms with Crippen LogP contribution >= 0.6 is 0 Å². The third-order valence-corrected chi connectivity index (χ3v) is 9.47. The van der Waals surface area contributed by atoms with E-state index in [1.807, 2.05) is 6.08 Å². The molecular weight excluding hydrogens is 457 g/mol. The minimum Gasteiger partial charge on any atom is -0.504 e. The first-order chi connectivity index (χ1) is 17.2. The summed E-state index contributed by atoms with van der Waals surface area (Å²) in [5.41, 5.74) is 0.945. The molecule has 2 aliphatic carbocycles. The molecule has 2 fully saturated rings. The van der Waals surface area contributed by atoms with Crippen LogP contribution < -0.4 is 4.74 Å². The second-order valence-corrected chi connectivity index (χ2v) is 11.7. The summed E-state index contributed by atoms with van der Waals surface area (Å²) < 4.78 is 25.7. The highest BCUT2D eigenvalue weighted by Gasteiger charge is 2.67. The molecule has 2 heterocycles. The van der Waals surface area contributed by atoms with Gasteiger partial charge in [0.25, 0.3) is 0 Å². The number of aromatic hydroxyl groups is 1. The molecule has 1 unspecified atom stereocenters. The van der Waals surface area contributed by atoms with E-state index in [0.29, 0.717) is 17.9 Å². The molecule has 1 saturated carbocycles. The number of benzene rings is 2. The molecule has 36 heavy (non-hydrogen) atoms. The molecule has 4 aliphatic rings. The molecule has 0 radical (unpaired) electrons. The Balaban J connectivity index is 1.50. The van der Waals surface area contributed by atoms with E-state index in [1.165, 1.54) is 30.5 Å². The Kier molecular flexibility index (Phi) is 5.52. The largest absolute Gasteiger partial charge is 0.504 e. The molecule has 1 spiro atoms. The summed E-state index contributed by atoms with van der Waals surface area (Å²) in [5.74, 6) is 1.21. The van der Waals surface area contributed by atoms with Crippen LogP contribution in [0.5, 0.6) is 11.5 Å². The van der Waals surface area contributed by atoms with Crippen molar-refractivity contribution in [3.05, 3.63) is 71.1 Å². The van der Waals surface area contributed by atoms with Gasteiger partial charge in [-0.2, -0.15) is 0 Å².